The van der Waals surface area contributed by atoms with Gasteiger partial charge in [-0.25, -0.2) is 0 Å². The Morgan fingerprint density at radius 3 is 2.00 bits per heavy atom. The number of aromatic nitrogens is 1. The number of rotatable bonds is 1. The van der Waals surface area contributed by atoms with Gasteiger partial charge in [-0.3, -0.25) is 0 Å². The van der Waals surface area contributed by atoms with Gasteiger partial charge in [-0.1, -0.05) is 97.1 Å². The number of hydrogen-bond donors (Lipinski definition) is 0. The second kappa shape index (κ2) is 7.38. The summed E-state index contributed by atoms with van der Waals surface area (Å²) in [6.07, 6.45) is 0. The average Bonchev–Trinajstić information content (AvgIpc) is 3.54. The molecule has 2 heteroatoms. The van der Waals surface area contributed by atoms with Crippen molar-refractivity contribution >= 4 is 96.4 Å². The van der Waals surface area contributed by atoms with Gasteiger partial charge in [0.2, 0.25) is 0 Å². The molecule has 0 saturated carbocycles. The van der Waals surface area contributed by atoms with Crippen LogP contribution in [0, 0.1) is 0 Å². The molecule has 0 atom stereocenters. The lowest BCUT2D eigenvalue weighted by atomic mass is 9.93. The standard InChI is InChI=1S/C38H21NS/c1-3-10-32-26(8-1)31-21-30-25(15-17-28-27-9-2-4-11-35(27)40-38(28)30)20-34(31)39(32)33-19-16-24-13-12-22-6-5-7-23-14-18-29(33)37(24)36(22)23/h1-21H. The zero-order valence-electron chi connectivity index (χ0n) is 21.5. The van der Waals surface area contributed by atoms with E-state index in [0.717, 1.165) is 0 Å². The number of para-hydroxylation sites is 1. The summed E-state index contributed by atoms with van der Waals surface area (Å²) < 4.78 is 5.21. The maximum absolute atomic E-state index is 2.49. The third-order valence-electron chi connectivity index (χ3n) is 8.90. The highest BCUT2D eigenvalue weighted by Gasteiger charge is 2.18. The lowest BCUT2D eigenvalue weighted by Crippen LogP contribution is -1.96. The van der Waals surface area contributed by atoms with E-state index in [1.807, 2.05) is 11.3 Å². The highest BCUT2D eigenvalue weighted by atomic mass is 32.1. The molecule has 0 unspecified atom stereocenters. The summed E-state index contributed by atoms with van der Waals surface area (Å²) >= 11 is 1.91. The Morgan fingerprint density at radius 2 is 1.10 bits per heavy atom. The summed E-state index contributed by atoms with van der Waals surface area (Å²) in [7, 11) is 0. The van der Waals surface area contributed by atoms with Crippen LogP contribution in [0.3, 0.4) is 0 Å². The fourth-order valence-electron chi connectivity index (χ4n) is 7.14. The Morgan fingerprint density at radius 1 is 0.400 bits per heavy atom. The maximum Gasteiger partial charge on any atom is 0.0547 e. The number of nitrogens with zero attached hydrogens (tertiary/aromatic N) is 1. The number of benzene rings is 8. The Kier molecular flexibility index (Phi) is 3.87. The Bertz CT molecular complexity index is 2630. The van der Waals surface area contributed by atoms with Crippen LogP contribution in [0.15, 0.2) is 127 Å². The number of hydrogen-bond acceptors (Lipinski definition) is 1. The first-order chi connectivity index (χ1) is 19.8. The molecule has 0 radical (unpaired) electrons. The van der Waals surface area contributed by atoms with Crippen LogP contribution < -0.4 is 0 Å². The molecule has 8 aromatic carbocycles. The van der Waals surface area contributed by atoms with E-state index >= 15 is 0 Å². The first kappa shape index (κ1) is 21.0. The van der Waals surface area contributed by atoms with Gasteiger partial charge in [0.05, 0.1) is 16.7 Å². The van der Waals surface area contributed by atoms with E-state index < -0.39 is 0 Å². The molecule has 0 N–H and O–H groups in total. The quantitative estimate of drug-likeness (QED) is 0.189. The van der Waals surface area contributed by atoms with Crippen LogP contribution in [-0.4, -0.2) is 4.57 Å². The predicted molar refractivity (Wildman–Crippen MR) is 175 cm³/mol. The zero-order chi connectivity index (χ0) is 25.9. The summed E-state index contributed by atoms with van der Waals surface area (Å²) in [5.74, 6) is 0. The van der Waals surface area contributed by atoms with Crippen LogP contribution in [0.1, 0.15) is 0 Å². The highest BCUT2D eigenvalue weighted by molar-refractivity contribution is 7.26. The van der Waals surface area contributed by atoms with Gasteiger partial charge < -0.3 is 4.57 Å². The predicted octanol–water partition coefficient (Wildman–Crippen LogP) is 11.2. The van der Waals surface area contributed by atoms with E-state index in [9.17, 15) is 0 Å². The second-order valence-electron chi connectivity index (χ2n) is 10.9. The van der Waals surface area contributed by atoms with Crippen LogP contribution in [0.2, 0.25) is 0 Å². The molecular weight excluding hydrogens is 502 g/mol. The average molecular weight is 524 g/mol. The molecule has 184 valence electrons. The van der Waals surface area contributed by atoms with E-state index in [-0.39, 0.29) is 0 Å². The molecule has 0 aliphatic rings. The topological polar surface area (TPSA) is 4.93 Å². The van der Waals surface area contributed by atoms with Crippen molar-refractivity contribution < 1.29 is 0 Å². The number of thiophene rings is 1. The van der Waals surface area contributed by atoms with Crippen LogP contribution in [-0.2, 0) is 0 Å². The van der Waals surface area contributed by atoms with E-state index in [1.54, 1.807) is 0 Å². The molecule has 10 rings (SSSR count). The fourth-order valence-corrected chi connectivity index (χ4v) is 8.37. The molecule has 10 aromatic rings. The molecular formula is C38H21NS. The van der Waals surface area contributed by atoms with Gasteiger partial charge in [0.15, 0.2) is 0 Å². The largest absolute Gasteiger partial charge is 0.309 e. The normalized spacial score (nSPS) is 12.5. The van der Waals surface area contributed by atoms with E-state index in [2.05, 4.69) is 132 Å². The molecule has 0 bridgehead atoms. The Hall–Kier alpha value is -4.92. The molecule has 0 aliphatic carbocycles. The summed E-state index contributed by atoms with van der Waals surface area (Å²) in [4.78, 5) is 0. The van der Waals surface area contributed by atoms with Crippen LogP contribution >= 0.6 is 11.3 Å². The van der Waals surface area contributed by atoms with Gasteiger partial charge in [0.1, 0.15) is 0 Å². The molecule has 0 aliphatic heterocycles. The van der Waals surface area contributed by atoms with Gasteiger partial charge in [-0.2, -0.15) is 0 Å². The maximum atomic E-state index is 2.49. The van der Waals surface area contributed by atoms with Crippen molar-refractivity contribution in [3.8, 4) is 5.69 Å². The van der Waals surface area contributed by atoms with Gasteiger partial charge in [-0.05, 0) is 62.6 Å². The molecule has 1 nitrogen and oxygen atoms in total. The molecule has 0 spiro atoms. The number of fused-ring (bicyclic) bond motifs is 8. The Balaban J connectivity index is 1.37. The minimum absolute atomic E-state index is 1.24. The first-order valence-electron chi connectivity index (χ1n) is 13.8. The van der Waals surface area contributed by atoms with Crippen LogP contribution in [0.4, 0.5) is 0 Å². The minimum Gasteiger partial charge on any atom is -0.309 e. The third kappa shape index (κ3) is 2.57. The molecule has 0 amide bonds. The smallest absolute Gasteiger partial charge is 0.0547 e. The van der Waals surface area contributed by atoms with Crippen LogP contribution in [0.5, 0.6) is 0 Å². The minimum atomic E-state index is 1.24. The van der Waals surface area contributed by atoms with Gasteiger partial charge in [-0.15, -0.1) is 11.3 Å². The van der Waals surface area contributed by atoms with Crippen molar-refractivity contribution in [1.29, 1.82) is 0 Å². The van der Waals surface area contributed by atoms with Crippen LogP contribution in [0.25, 0.3) is 90.8 Å². The van der Waals surface area contributed by atoms with Crippen molar-refractivity contribution in [3.63, 3.8) is 0 Å². The fraction of sp³-hybridized carbons (Fsp3) is 0. The molecule has 0 fully saturated rings. The van der Waals surface area contributed by atoms with Gasteiger partial charge in [0.25, 0.3) is 0 Å². The van der Waals surface area contributed by atoms with E-state index in [4.69, 9.17) is 0 Å². The van der Waals surface area contributed by atoms with Gasteiger partial charge >= 0.3 is 0 Å². The van der Waals surface area contributed by atoms with Crippen molar-refractivity contribution in [3.05, 3.63) is 127 Å². The summed E-state index contributed by atoms with van der Waals surface area (Å²) in [5.41, 5.74) is 3.74. The zero-order valence-corrected chi connectivity index (χ0v) is 22.3. The lowest BCUT2D eigenvalue weighted by molar-refractivity contribution is 1.20. The van der Waals surface area contributed by atoms with E-state index in [1.165, 1.54) is 90.8 Å². The van der Waals surface area contributed by atoms with Crippen molar-refractivity contribution in [2.75, 3.05) is 0 Å². The first-order valence-corrected chi connectivity index (χ1v) is 14.6. The lowest BCUT2D eigenvalue weighted by Gasteiger charge is -2.16. The van der Waals surface area contributed by atoms with Crippen molar-refractivity contribution in [2.24, 2.45) is 0 Å². The Labute approximate surface area is 233 Å². The summed E-state index contributed by atoms with van der Waals surface area (Å²) in [5, 5.41) is 15.8. The summed E-state index contributed by atoms with van der Waals surface area (Å²) in [6.45, 7) is 0. The van der Waals surface area contributed by atoms with Gasteiger partial charge in [0, 0.05) is 41.7 Å². The highest BCUT2D eigenvalue weighted by Crippen LogP contribution is 2.43. The van der Waals surface area contributed by atoms with Crippen molar-refractivity contribution in [1.82, 2.24) is 4.57 Å². The molecule has 2 aromatic heterocycles. The SMILES string of the molecule is c1cc2ccc3ccc(-n4c5ccccc5c5cc6c(ccc7c8ccccc8sc67)cc54)c4ccc(c1)c2c34. The molecule has 0 saturated heterocycles. The molecule has 40 heavy (non-hydrogen) atoms. The monoisotopic (exact) mass is 523 g/mol. The van der Waals surface area contributed by atoms with E-state index in [0.29, 0.717) is 0 Å². The third-order valence-corrected chi connectivity index (χ3v) is 10.1. The molecule has 2 heterocycles. The van der Waals surface area contributed by atoms with Crippen molar-refractivity contribution in [2.45, 2.75) is 0 Å². The summed E-state index contributed by atoms with van der Waals surface area (Å²) in [6, 6.07) is 47.5. The second-order valence-corrected chi connectivity index (χ2v) is 12.0.